The van der Waals surface area contributed by atoms with Gasteiger partial charge in [0.2, 0.25) is 0 Å². The number of rotatable bonds is 4. The van der Waals surface area contributed by atoms with Crippen molar-refractivity contribution in [3.05, 3.63) is 47.2 Å². The lowest BCUT2D eigenvalue weighted by molar-refractivity contribution is 0.102. The number of ether oxygens (including phenoxy) is 1. The molecule has 0 bridgehead atoms. The fourth-order valence-electron chi connectivity index (χ4n) is 3.03. The smallest absolute Gasteiger partial charge is 0.274 e. The molecule has 0 unspecified atom stereocenters. The van der Waals surface area contributed by atoms with Crippen molar-refractivity contribution in [3.63, 3.8) is 0 Å². The second kappa shape index (κ2) is 8.21. The van der Waals surface area contributed by atoms with Crippen LogP contribution in [-0.2, 0) is 0 Å². The van der Waals surface area contributed by atoms with Crippen molar-refractivity contribution in [3.8, 4) is 5.75 Å². The van der Waals surface area contributed by atoms with Crippen molar-refractivity contribution in [2.24, 2.45) is 0 Å². The number of anilines is 2. The molecule has 3 rings (SSSR count). The van der Waals surface area contributed by atoms with Gasteiger partial charge in [0.05, 0.1) is 12.8 Å². The van der Waals surface area contributed by atoms with Crippen LogP contribution in [0.25, 0.3) is 0 Å². The lowest BCUT2D eigenvalue weighted by atomic mass is 10.2. The van der Waals surface area contributed by atoms with Crippen LogP contribution in [-0.4, -0.2) is 31.1 Å². The molecule has 0 spiro atoms. The Hall–Kier alpha value is -2.27. The Morgan fingerprint density at radius 3 is 2.64 bits per heavy atom. The molecule has 2 aromatic rings. The maximum Gasteiger partial charge on any atom is 0.274 e. The summed E-state index contributed by atoms with van der Waals surface area (Å²) in [4.78, 5) is 19.1. The molecule has 0 aliphatic carbocycles. The number of nitrogens with zero attached hydrogens (tertiary/aromatic N) is 2. The summed E-state index contributed by atoms with van der Waals surface area (Å²) >= 11 is 6.02. The van der Waals surface area contributed by atoms with Gasteiger partial charge in [-0.15, -0.1) is 0 Å². The summed E-state index contributed by atoms with van der Waals surface area (Å²) < 4.78 is 5.27. The summed E-state index contributed by atoms with van der Waals surface area (Å²) in [6.07, 6.45) is 6.59. The summed E-state index contributed by atoms with van der Waals surface area (Å²) in [5, 5.41) is 3.36. The van der Waals surface area contributed by atoms with Gasteiger partial charge in [0.1, 0.15) is 11.4 Å². The Balaban J connectivity index is 1.78. The highest BCUT2D eigenvalue weighted by Gasteiger charge is 2.15. The summed E-state index contributed by atoms with van der Waals surface area (Å²) in [5.41, 5.74) is 1.95. The fraction of sp³-hybridized carbons (Fsp3) is 0.368. The molecule has 25 heavy (non-hydrogen) atoms. The molecule has 6 heteroatoms. The summed E-state index contributed by atoms with van der Waals surface area (Å²) in [7, 11) is 1.55. The molecule has 2 heterocycles. The number of benzene rings is 1. The van der Waals surface area contributed by atoms with E-state index in [1.165, 1.54) is 25.7 Å². The molecule has 5 nitrogen and oxygen atoms in total. The van der Waals surface area contributed by atoms with Crippen molar-refractivity contribution < 1.29 is 9.53 Å². The van der Waals surface area contributed by atoms with Crippen LogP contribution in [0, 0.1) is 0 Å². The van der Waals surface area contributed by atoms with Crippen LogP contribution in [0.5, 0.6) is 5.75 Å². The van der Waals surface area contributed by atoms with E-state index in [1.54, 1.807) is 31.5 Å². The van der Waals surface area contributed by atoms with Gasteiger partial charge in [-0.05, 0) is 43.2 Å². The number of halogens is 1. The van der Waals surface area contributed by atoms with Crippen molar-refractivity contribution in [2.45, 2.75) is 25.7 Å². The third-order valence-corrected chi connectivity index (χ3v) is 4.59. The van der Waals surface area contributed by atoms with Crippen LogP contribution >= 0.6 is 11.6 Å². The van der Waals surface area contributed by atoms with Gasteiger partial charge < -0.3 is 15.0 Å². The third-order valence-electron chi connectivity index (χ3n) is 4.36. The molecule has 1 aliphatic heterocycles. The van der Waals surface area contributed by atoms with E-state index in [1.807, 2.05) is 12.1 Å². The zero-order valence-corrected chi connectivity index (χ0v) is 15.1. The number of hydrogen-bond acceptors (Lipinski definition) is 4. The van der Waals surface area contributed by atoms with Gasteiger partial charge >= 0.3 is 0 Å². The standard InChI is InChI=1S/C19H22ClN3O2/c1-25-18-7-6-14(20)12-16(18)22-19(24)17-13-15(8-9-21-17)23-10-4-2-3-5-11-23/h6-9,12-13H,2-5,10-11H2,1H3,(H,22,24). The minimum absolute atomic E-state index is 0.280. The summed E-state index contributed by atoms with van der Waals surface area (Å²) in [6, 6.07) is 8.91. The molecule has 1 aromatic carbocycles. The van der Waals surface area contributed by atoms with Gasteiger partial charge in [0, 0.05) is 30.0 Å². The zero-order valence-electron chi connectivity index (χ0n) is 14.3. The van der Waals surface area contributed by atoms with Gasteiger partial charge in [-0.2, -0.15) is 0 Å². The minimum Gasteiger partial charge on any atom is -0.495 e. The van der Waals surface area contributed by atoms with E-state index in [2.05, 4.69) is 15.2 Å². The van der Waals surface area contributed by atoms with Crippen LogP contribution in [0.1, 0.15) is 36.2 Å². The minimum atomic E-state index is -0.280. The number of hydrogen-bond donors (Lipinski definition) is 1. The number of pyridine rings is 1. The SMILES string of the molecule is COc1ccc(Cl)cc1NC(=O)c1cc(N2CCCCCC2)ccn1. The molecule has 1 aliphatic rings. The second-order valence-electron chi connectivity index (χ2n) is 6.10. The monoisotopic (exact) mass is 359 g/mol. The first-order valence-corrected chi connectivity index (χ1v) is 8.91. The molecular formula is C19H22ClN3O2. The predicted octanol–water partition coefficient (Wildman–Crippen LogP) is 4.38. The first-order valence-electron chi connectivity index (χ1n) is 8.53. The van der Waals surface area contributed by atoms with Gasteiger partial charge in [0.15, 0.2) is 0 Å². The van der Waals surface area contributed by atoms with Crippen LogP contribution < -0.4 is 15.0 Å². The van der Waals surface area contributed by atoms with Crippen LogP contribution in [0.4, 0.5) is 11.4 Å². The van der Waals surface area contributed by atoms with E-state index in [9.17, 15) is 4.79 Å². The molecule has 1 aromatic heterocycles. The Kier molecular flexibility index (Phi) is 5.76. The van der Waals surface area contributed by atoms with Gasteiger partial charge in [-0.3, -0.25) is 9.78 Å². The number of aromatic nitrogens is 1. The van der Waals surface area contributed by atoms with Crippen LogP contribution in [0.2, 0.25) is 5.02 Å². The largest absolute Gasteiger partial charge is 0.495 e. The van der Waals surface area contributed by atoms with E-state index in [0.29, 0.717) is 22.2 Å². The Morgan fingerprint density at radius 2 is 1.92 bits per heavy atom. The molecular weight excluding hydrogens is 338 g/mol. The molecule has 1 amide bonds. The Morgan fingerprint density at radius 1 is 1.16 bits per heavy atom. The lowest BCUT2D eigenvalue weighted by Crippen LogP contribution is -2.24. The van der Waals surface area contributed by atoms with E-state index in [0.717, 1.165) is 18.8 Å². The molecule has 132 valence electrons. The highest BCUT2D eigenvalue weighted by atomic mass is 35.5. The quantitative estimate of drug-likeness (QED) is 0.880. The highest BCUT2D eigenvalue weighted by molar-refractivity contribution is 6.31. The van der Waals surface area contributed by atoms with E-state index < -0.39 is 0 Å². The normalized spacial score (nSPS) is 14.7. The van der Waals surface area contributed by atoms with Crippen molar-refractivity contribution in [2.75, 3.05) is 30.4 Å². The van der Waals surface area contributed by atoms with Crippen molar-refractivity contribution in [1.29, 1.82) is 0 Å². The van der Waals surface area contributed by atoms with Crippen molar-refractivity contribution >= 4 is 28.9 Å². The molecule has 0 radical (unpaired) electrons. The maximum atomic E-state index is 12.6. The first kappa shape index (κ1) is 17.5. The van der Waals surface area contributed by atoms with Gasteiger partial charge in [0.25, 0.3) is 5.91 Å². The van der Waals surface area contributed by atoms with E-state index >= 15 is 0 Å². The summed E-state index contributed by atoms with van der Waals surface area (Å²) in [5.74, 6) is 0.277. The van der Waals surface area contributed by atoms with Crippen LogP contribution in [0.3, 0.4) is 0 Å². The molecule has 0 atom stereocenters. The Labute approximate surface area is 153 Å². The zero-order chi connectivity index (χ0) is 17.6. The van der Waals surface area contributed by atoms with Gasteiger partial charge in [-0.25, -0.2) is 0 Å². The van der Waals surface area contributed by atoms with Crippen molar-refractivity contribution in [1.82, 2.24) is 4.98 Å². The topological polar surface area (TPSA) is 54.5 Å². The highest BCUT2D eigenvalue weighted by Crippen LogP contribution is 2.28. The van der Waals surface area contributed by atoms with E-state index in [4.69, 9.17) is 16.3 Å². The maximum absolute atomic E-state index is 12.6. The molecule has 1 fully saturated rings. The molecule has 1 saturated heterocycles. The molecule has 1 N–H and O–H groups in total. The second-order valence-corrected chi connectivity index (χ2v) is 6.54. The van der Waals surface area contributed by atoms with Gasteiger partial charge in [-0.1, -0.05) is 24.4 Å². The first-order chi connectivity index (χ1) is 12.2. The average Bonchev–Trinajstić information content (AvgIpc) is 2.91. The number of methoxy groups -OCH3 is 1. The number of nitrogens with one attached hydrogen (secondary N) is 1. The fourth-order valence-corrected chi connectivity index (χ4v) is 3.21. The molecule has 0 saturated carbocycles. The summed E-state index contributed by atoms with van der Waals surface area (Å²) in [6.45, 7) is 2.04. The Bertz CT molecular complexity index is 743. The number of carbonyl (C=O) groups is 1. The predicted molar refractivity (Wildman–Crippen MR) is 101 cm³/mol. The average molecular weight is 360 g/mol. The number of carbonyl (C=O) groups excluding carboxylic acids is 1. The third kappa shape index (κ3) is 4.42. The van der Waals surface area contributed by atoms with E-state index in [-0.39, 0.29) is 5.91 Å². The number of amides is 1. The van der Waals surface area contributed by atoms with Crippen LogP contribution in [0.15, 0.2) is 36.5 Å². The lowest BCUT2D eigenvalue weighted by Gasteiger charge is -2.22.